The van der Waals surface area contributed by atoms with E-state index in [0.29, 0.717) is 18.8 Å². The summed E-state index contributed by atoms with van der Waals surface area (Å²) in [4.78, 5) is 12.4. The van der Waals surface area contributed by atoms with Crippen LogP contribution in [-0.4, -0.2) is 25.3 Å². The molecule has 0 atom stereocenters. The Kier molecular flexibility index (Phi) is 4.31. The van der Waals surface area contributed by atoms with Gasteiger partial charge in [0.15, 0.2) is 17.3 Å². The molecule has 4 heteroatoms. The Morgan fingerprint density at radius 1 is 1.33 bits per heavy atom. The molecule has 0 radical (unpaired) electrons. The maximum absolute atomic E-state index is 11.4. The first-order chi connectivity index (χ1) is 8.74. The van der Waals surface area contributed by atoms with E-state index in [-0.39, 0.29) is 5.78 Å². The van der Waals surface area contributed by atoms with E-state index in [1.54, 1.807) is 24.9 Å². The number of rotatable bonds is 4. The van der Waals surface area contributed by atoms with Crippen molar-refractivity contribution >= 4 is 22.5 Å². The second kappa shape index (κ2) is 5.96. The Morgan fingerprint density at radius 2 is 2.17 bits per heavy atom. The zero-order valence-electron chi connectivity index (χ0n) is 10.6. The highest BCUT2D eigenvalue weighted by Gasteiger charge is 2.14. The smallest absolute Gasteiger partial charge is 0.161 e. The van der Waals surface area contributed by atoms with Crippen LogP contribution in [0.25, 0.3) is 4.91 Å². The van der Waals surface area contributed by atoms with Gasteiger partial charge in [-0.1, -0.05) is 0 Å². The number of carbonyl (C=O) groups excluding carboxylic acids is 1. The normalized spacial score (nSPS) is 15.2. The van der Waals surface area contributed by atoms with Crippen LogP contribution >= 0.6 is 11.8 Å². The molecule has 1 aromatic carbocycles. The zero-order valence-corrected chi connectivity index (χ0v) is 11.4. The minimum Gasteiger partial charge on any atom is -0.493 e. The second-order valence-electron chi connectivity index (χ2n) is 3.87. The Hall–Kier alpha value is -1.42. The quantitative estimate of drug-likeness (QED) is 0.837. The molecule has 0 saturated heterocycles. The average Bonchev–Trinajstić information content (AvgIpc) is 2.39. The lowest BCUT2D eigenvalue weighted by molar-refractivity contribution is -0.114. The summed E-state index contributed by atoms with van der Waals surface area (Å²) in [6.45, 7) is 2.52. The molecule has 2 rings (SSSR count). The highest BCUT2D eigenvalue weighted by Crippen LogP contribution is 2.36. The molecule has 1 aromatic rings. The second-order valence-corrected chi connectivity index (χ2v) is 5.01. The third kappa shape index (κ3) is 2.88. The van der Waals surface area contributed by atoms with Crippen molar-refractivity contribution in [2.45, 2.75) is 13.3 Å². The van der Waals surface area contributed by atoms with Crippen LogP contribution in [0.3, 0.4) is 0 Å². The Morgan fingerprint density at radius 3 is 2.83 bits per heavy atom. The van der Waals surface area contributed by atoms with E-state index in [1.807, 2.05) is 25.1 Å². The van der Waals surface area contributed by atoms with Crippen molar-refractivity contribution in [3.8, 4) is 11.5 Å². The van der Waals surface area contributed by atoms with Crippen LogP contribution in [0.5, 0.6) is 11.5 Å². The van der Waals surface area contributed by atoms with Crippen molar-refractivity contribution in [2.24, 2.45) is 0 Å². The molecule has 18 heavy (non-hydrogen) atoms. The van der Waals surface area contributed by atoms with Crippen molar-refractivity contribution in [3.05, 3.63) is 29.8 Å². The number of ether oxygens (including phenoxy) is 2. The highest BCUT2D eigenvalue weighted by molar-refractivity contribution is 8.08. The van der Waals surface area contributed by atoms with Gasteiger partial charge < -0.3 is 9.47 Å². The minimum atomic E-state index is 0.192. The van der Waals surface area contributed by atoms with Gasteiger partial charge in [0.1, 0.15) is 0 Å². The van der Waals surface area contributed by atoms with Gasteiger partial charge in [0.25, 0.3) is 0 Å². The van der Waals surface area contributed by atoms with Gasteiger partial charge in [0, 0.05) is 17.1 Å². The first-order valence-corrected chi connectivity index (χ1v) is 6.91. The van der Waals surface area contributed by atoms with E-state index in [2.05, 4.69) is 0 Å². The van der Waals surface area contributed by atoms with Gasteiger partial charge in [0.05, 0.1) is 13.7 Å². The molecule has 0 spiro atoms. The fraction of sp³-hybridized carbons (Fsp3) is 0.357. The SMILES string of the molecule is CCOc1cc(C2=CC(=O)CCS2)ccc1OC. The van der Waals surface area contributed by atoms with Crippen molar-refractivity contribution in [3.63, 3.8) is 0 Å². The predicted octanol–water partition coefficient (Wildman–Crippen LogP) is 3.14. The predicted molar refractivity (Wildman–Crippen MR) is 74.2 cm³/mol. The molecule has 3 nitrogen and oxygen atoms in total. The van der Waals surface area contributed by atoms with Gasteiger partial charge in [-0.2, -0.15) is 0 Å². The first kappa shape index (κ1) is 13.0. The largest absolute Gasteiger partial charge is 0.493 e. The van der Waals surface area contributed by atoms with Crippen LogP contribution in [0.15, 0.2) is 24.3 Å². The standard InChI is InChI=1S/C14H16O3S/c1-3-17-13-8-10(4-5-12(13)16-2)14-9-11(15)6-7-18-14/h4-5,8-9H,3,6-7H2,1-2H3. The number of hydrogen-bond donors (Lipinski definition) is 0. The molecule has 0 bridgehead atoms. The summed E-state index contributed by atoms with van der Waals surface area (Å²) >= 11 is 1.70. The van der Waals surface area contributed by atoms with Crippen LogP contribution in [0, 0.1) is 0 Å². The van der Waals surface area contributed by atoms with Gasteiger partial charge in [0.2, 0.25) is 0 Å². The summed E-state index contributed by atoms with van der Waals surface area (Å²) in [5, 5.41) is 0. The molecule has 0 saturated carbocycles. The van der Waals surface area contributed by atoms with E-state index in [9.17, 15) is 4.79 Å². The molecule has 0 aromatic heterocycles. The molecule has 0 amide bonds. The number of hydrogen-bond acceptors (Lipinski definition) is 4. The zero-order chi connectivity index (χ0) is 13.0. The fourth-order valence-corrected chi connectivity index (χ4v) is 2.82. The van der Waals surface area contributed by atoms with Crippen molar-refractivity contribution in [2.75, 3.05) is 19.5 Å². The van der Waals surface area contributed by atoms with Crippen molar-refractivity contribution in [1.29, 1.82) is 0 Å². The molecule has 1 aliphatic rings. The maximum Gasteiger partial charge on any atom is 0.161 e. The van der Waals surface area contributed by atoms with Gasteiger partial charge in [-0.25, -0.2) is 0 Å². The third-order valence-electron chi connectivity index (χ3n) is 2.65. The van der Waals surface area contributed by atoms with Crippen LogP contribution < -0.4 is 9.47 Å². The van der Waals surface area contributed by atoms with Crippen molar-refractivity contribution < 1.29 is 14.3 Å². The molecule has 0 fully saturated rings. The number of allylic oxidation sites excluding steroid dienone is 1. The van der Waals surface area contributed by atoms with Gasteiger partial charge in [-0.15, -0.1) is 11.8 Å². The molecule has 1 heterocycles. The minimum absolute atomic E-state index is 0.192. The maximum atomic E-state index is 11.4. The average molecular weight is 264 g/mol. The monoisotopic (exact) mass is 264 g/mol. The molecule has 96 valence electrons. The lowest BCUT2D eigenvalue weighted by atomic mass is 10.1. The Bertz CT molecular complexity index is 480. The van der Waals surface area contributed by atoms with Crippen LogP contribution in [0.2, 0.25) is 0 Å². The van der Waals surface area contributed by atoms with Gasteiger partial charge >= 0.3 is 0 Å². The Balaban J connectivity index is 2.34. The van der Waals surface area contributed by atoms with Crippen LogP contribution in [0.1, 0.15) is 18.9 Å². The molecule has 0 unspecified atom stereocenters. The summed E-state index contributed by atoms with van der Waals surface area (Å²) in [7, 11) is 1.62. The summed E-state index contributed by atoms with van der Waals surface area (Å²) in [6, 6.07) is 5.76. The summed E-state index contributed by atoms with van der Waals surface area (Å²) < 4.78 is 10.8. The van der Waals surface area contributed by atoms with E-state index < -0.39 is 0 Å². The van der Waals surface area contributed by atoms with E-state index in [0.717, 1.165) is 22.0 Å². The molecule has 0 aliphatic carbocycles. The number of methoxy groups -OCH3 is 1. The first-order valence-electron chi connectivity index (χ1n) is 5.93. The third-order valence-corrected chi connectivity index (χ3v) is 3.72. The van der Waals surface area contributed by atoms with Crippen molar-refractivity contribution in [1.82, 2.24) is 0 Å². The Labute approximate surface area is 111 Å². The number of benzene rings is 1. The summed E-state index contributed by atoms with van der Waals surface area (Å²) in [6.07, 6.45) is 2.34. The number of thioether (sulfide) groups is 1. The lowest BCUT2D eigenvalue weighted by Crippen LogP contribution is -2.02. The molecular weight excluding hydrogens is 248 g/mol. The van der Waals surface area contributed by atoms with Gasteiger partial charge in [-0.05, 0) is 36.8 Å². The topological polar surface area (TPSA) is 35.5 Å². The number of carbonyl (C=O) groups is 1. The number of ketones is 1. The molecule has 1 aliphatic heterocycles. The lowest BCUT2D eigenvalue weighted by Gasteiger charge is -2.14. The van der Waals surface area contributed by atoms with E-state index in [1.165, 1.54) is 0 Å². The van der Waals surface area contributed by atoms with Crippen LogP contribution in [0.4, 0.5) is 0 Å². The summed E-state index contributed by atoms with van der Waals surface area (Å²) in [5.74, 6) is 2.48. The van der Waals surface area contributed by atoms with Crippen LogP contribution in [-0.2, 0) is 4.79 Å². The van der Waals surface area contributed by atoms with E-state index in [4.69, 9.17) is 9.47 Å². The molecule has 0 N–H and O–H groups in total. The van der Waals surface area contributed by atoms with E-state index >= 15 is 0 Å². The molecular formula is C14H16O3S. The highest BCUT2D eigenvalue weighted by atomic mass is 32.2. The fourth-order valence-electron chi connectivity index (χ4n) is 1.79. The van der Waals surface area contributed by atoms with Gasteiger partial charge in [-0.3, -0.25) is 4.79 Å². The summed E-state index contributed by atoms with van der Waals surface area (Å²) in [5.41, 5.74) is 1.01.